The van der Waals surface area contributed by atoms with Gasteiger partial charge in [-0.2, -0.15) is 0 Å². The zero-order chi connectivity index (χ0) is 15.0. The average molecular weight is 330 g/mol. The first-order valence-electron chi connectivity index (χ1n) is 7.00. The van der Waals surface area contributed by atoms with Gasteiger partial charge in [0.15, 0.2) is 0 Å². The van der Waals surface area contributed by atoms with Gasteiger partial charge in [0.05, 0.1) is 22.1 Å². The normalized spacial score (nSPS) is 25.6. The van der Waals surface area contributed by atoms with Gasteiger partial charge in [0, 0.05) is 24.7 Å². The third-order valence-corrected chi connectivity index (χ3v) is 4.87. The number of aromatic hydroxyl groups is 1. The van der Waals surface area contributed by atoms with Crippen molar-refractivity contribution in [3.8, 4) is 5.75 Å². The van der Waals surface area contributed by atoms with Crippen molar-refractivity contribution in [1.29, 1.82) is 0 Å². The smallest absolute Gasteiger partial charge is 0.237 e. The van der Waals surface area contributed by atoms with Crippen molar-refractivity contribution in [2.75, 3.05) is 13.1 Å². The Morgan fingerprint density at radius 1 is 1.29 bits per heavy atom. The molecule has 0 spiro atoms. The summed E-state index contributed by atoms with van der Waals surface area (Å²) in [6.45, 7) is 1.64. The molecule has 0 aromatic heterocycles. The second-order valence-corrected chi connectivity index (χ2v) is 6.29. The zero-order valence-electron chi connectivity index (χ0n) is 11.3. The number of nitrogens with one attached hydrogen (secondary N) is 3. The van der Waals surface area contributed by atoms with E-state index in [1.807, 2.05) is 0 Å². The Balaban J connectivity index is 1.69. The van der Waals surface area contributed by atoms with E-state index < -0.39 is 0 Å². The standard InChI is InChI=1S/C14H17Cl2N3O2/c15-8-1-4-11(20)12(13(8)16)9-2-3-10(19-9)14(21)18-7-5-17-6-7/h1,4,7,9-10,17,19-20H,2-3,5-6H2,(H,18,21)/t9?,10-/m1/s1. The number of phenols is 1. The molecule has 7 heteroatoms. The summed E-state index contributed by atoms with van der Waals surface area (Å²) in [5.41, 5.74) is 0.574. The molecule has 2 aliphatic rings. The number of benzene rings is 1. The van der Waals surface area contributed by atoms with Crippen LogP contribution >= 0.6 is 23.2 Å². The molecule has 2 aliphatic heterocycles. The Kier molecular flexibility index (Phi) is 4.26. The minimum Gasteiger partial charge on any atom is -0.508 e. The van der Waals surface area contributed by atoms with Crippen LogP contribution in [0.25, 0.3) is 0 Å². The molecular formula is C14H17Cl2N3O2. The van der Waals surface area contributed by atoms with Crippen LogP contribution in [0.1, 0.15) is 24.4 Å². The second-order valence-electron chi connectivity index (χ2n) is 5.51. The average Bonchev–Trinajstić information content (AvgIpc) is 2.88. The molecule has 1 unspecified atom stereocenters. The van der Waals surface area contributed by atoms with Gasteiger partial charge < -0.3 is 15.7 Å². The molecule has 0 radical (unpaired) electrons. The lowest BCUT2D eigenvalue weighted by Gasteiger charge is -2.29. The van der Waals surface area contributed by atoms with Gasteiger partial charge in [0.25, 0.3) is 0 Å². The lowest BCUT2D eigenvalue weighted by molar-refractivity contribution is -0.123. The first-order chi connectivity index (χ1) is 10.1. The van der Waals surface area contributed by atoms with E-state index >= 15 is 0 Å². The van der Waals surface area contributed by atoms with Gasteiger partial charge in [-0.1, -0.05) is 23.2 Å². The lowest BCUT2D eigenvalue weighted by atomic mass is 10.0. The molecule has 2 heterocycles. The summed E-state index contributed by atoms with van der Waals surface area (Å²) < 4.78 is 0. The number of carbonyl (C=O) groups is 1. The van der Waals surface area contributed by atoms with Gasteiger partial charge in [0.2, 0.25) is 5.91 Å². The monoisotopic (exact) mass is 329 g/mol. The molecule has 1 amide bonds. The van der Waals surface area contributed by atoms with Crippen molar-refractivity contribution in [3.05, 3.63) is 27.7 Å². The van der Waals surface area contributed by atoms with Gasteiger partial charge in [-0.3, -0.25) is 10.1 Å². The number of phenolic OH excluding ortho intramolecular Hbond substituents is 1. The van der Waals surface area contributed by atoms with Crippen molar-refractivity contribution in [3.63, 3.8) is 0 Å². The van der Waals surface area contributed by atoms with Crippen LogP contribution in [0.4, 0.5) is 0 Å². The highest BCUT2D eigenvalue weighted by Crippen LogP contribution is 2.40. The van der Waals surface area contributed by atoms with E-state index in [1.165, 1.54) is 6.07 Å². The number of carbonyl (C=O) groups excluding carboxylic acids is 1. The van der Waals surface area contributed by atoms with Crippen LogP contribution in [0.2, 0.25) is 10.0 Å². The third kappa shape index (κ3) is 2.97. The summed E-state index contributed by atoms with van der Waals surface area (Å²) in [6, 6.07) is 2.89. The fourth-order valence-electron chi connectivity index (χ4n) is 2.76. The molecule has 5 nitrogen and oxygen atoms in total. The van der Waals surface area contributed by atoms with E-state index in [0.717, 1.165) is 19.5 Å². The van der Waals surface area contributed by atoms with Crippen LogP contribution < -0.4 is 16.0 Å². The molecular weight excluding hydrogens is 313 g/mol. The fraction of sp³-hybridized carbons (Fsp3) is 0.500. The molecule has 0 bridgehead atoms. The van der Waals surface area contributed by atoms with Crippen LogP contribution in [-0.4, -0.2) is 36.2 Å². The van der Waals surface area contributed by atoms with Crippen molar-refractivity contribution >= 4 is 29.1 Å². The van der Waals surface area contributed by atoms with Crippen molar-refractivity contribution in [2.45, 2.75) is 31.0 Å². The van der Waals surface area contributed by atoms with Gasteiger partial charge in [-0.15, -0.1) is 0 Å². The second kappa shape index (κ2) is 6.01. The van der Waals surface area contributed by atoms with E-state index in [4.69, 9.17) is 23.2 Å². The third-order valence-electron chi connectivity index (χ3n) is 4.05. The molecule has 1 aromatic rings. The molecule has 2 fully saturated rings. The van der Waals surface area contributed by atoms with Gasteiger partial charge in [-0.25, -0.2) is 0 Å². The summed E-state index contributed by atoms with van der Waals surface area (Å²) in [4.78, 5) is 12.1. The topological polar surface area (TPSA) is 73.4 Å². The molecule has 0 saturated carbocycles. The molecule has 0 aliphatic carbocycles. The highest BCUT2D eigenvalue weighted by atomic mass is 35.5. The Labute approximate surface area is 133 Å². The summed E-state index contributed by atoms with van der Waals surface area (Å²) in [5.74, 6) is 0.104. The predicted molar refractivity (Wildman–Crippen MR) is 81.8 cm³/mol. The van der Waals surface area contributed by atoms with Crippen LogP contribution in [-0.2, 0) is 4.79 Å². The van der Waals surface area contributed by atoms with Crippen LogP contribution in [0.3, 0.4) is 0 Å². The summed E-state index contributed by atoms with van der Waals surface area (Å²) in [5, 5.41) is 20.1. The molecule has 21 heavy (non-hydrogen) atoms. The highest BCUT2D eigenvalue weighted by molar-refractivity contribution is 6.42. The molecule has 114 valence electrons. The Morgan fingerprint density at radius 3 is 2.71 bits per heavy atom. The number of rotatable bonds is 3. The molecule has 3 rings (SSSR count). The van der Waals surface area contributed by atoms with Crippen LogP contribution in [0, 0.1) is 0 Å². The fourth-order valence-corrected chi connectivity index (χ4v) is 3.21. The maximum absolute atomic E-state index is 12.1. The maximum Gasteiger partial charge on any atom is 0.237 e. The van der Waals surface area contributed by atoms with E-state index in [0.29, 0.717) is 22.0 Å². The quantitative estimate of drug-likeness (QED) is 0.679. The summed E-state index contributed by atoms with van der Waals surface area (Å²) >= 11 is 12.2. The molecule has 2 atom stereocenters. The van der Waals surface area contributed by atoms with Gasteiger partial charge in [0.1, 0.15) is 5.75 Å². The van der Waals surface area contributed by atoms with E-state index in [1.54, 1.807) is 6.07 Å². The number of amides is 1. The first kappa shape index (κ1) is 14.9. The highest BCUT2D eigenvalue weighted by Gasteiger charge is 2.34. The van der Waals surface area contributed by atoms with E-state index in [2.05, 4.69) is 16.0 Å². The van der Waals surface area contributed by atoms with Crippen molar-refractivity contribution in [1.82, 2.24) is 16.0 Å². The minimum atomic E-state index is -0.259. The van der Waals surface area contributed by atoms with Gasteiger partial charge in [-0.05, 0) is 25.0 Å². The number of hydrogen-bond acceptors (Lipinski definition) is 4. The Bertz CT molecular complexity index is 563. The van der Waals surface area contributed by atoms with E-state index in [-0.39, 0.29) is 29.8 Å². The van der Waals surface area contributed by atoms with Crippen molar-refractivity contribution in [2.24, 2.45) is 0 Å². The molecule has 4 N–H and O–H groups in total. The summed E-state index contributed by atoms with van der Waals surface area (Å²) in [7, 11) is 0. The Morgan fingerprint density at radius 2 is 2.05 bits per heavy atom. The van der Waals surface area contributed by atoms with E-state index in [9.17, 15) is 9.90 Å². The van der Waals surface area contributed by atoms with Crippen LogP contribution in [0.5, 0.6) is 5.75 Å². The summed E-state index contributed by atoms with van der Waals surface area (Å²) in [6.07, 6.45) is 1.44. The maximum atomic E-state index is 12.1. The molecule has 2 saturated heterocycles. The lowest BCUT2D eigenvalue weighted by Crippen LogP contribution is -2.59. The predicted octanol–water partition coefficient (Wildman–Crippen LogP) is 1.58. The van der Waals surface area contributed by atoms with Gasteiger partial charge >= 0.3 is 0 Å². The van der Waals surface area contributed by atoms with Crippen molar-refractivity contribution < 1.29 is 9.90 Å². The Hall–Kier alpha value is -1.01. The zero-order valence-corrected chi connectivity index (χ0v) is 12.8. The molecule has 1 aromatic carbocycles. The first-order valence-corrected chi connectivity index (χ1v) is 7.76. The number of hydrogen-bond donors (Lipinski definition) is 4. The van der Waals surface area contributed by atoms with Crippen LogP contribution in [0.15, 0.2) is 12.1 Å². The SMILES string of the molecule is O=C(NC1CNC1)[C@H]1CCC(c2c(O)ccc(Cl)c2Cl)N1. The number of halogens is 2. The minimum absolute atomic E-state index is 0.00152. The largest absolute Gasteiger partial charge is 0.508 e.